The SMILES string of the molecule is COc1ccc([N+](=O)[O-])c(N(C)CCN2CCNCC2)n1. The second-order valence-corrected chi connectivity index (χ2v) is 4.97. The zero-order valence-electron chi connectivity index (χ0n) is 12.4. The van der Waals surface area contributed by atoms with E-state index in [1.807, 2.05) is 11.9 Å². The molecule has 21 heavy (non-hydrogen) atoms. The van der Waals surface area contributed by atoms with Crippen LogP contribution >= 0.6 is 0 Å². The standard InChI is InChI=1S/C13H21N5O3/c1-16(9-10-17-7-5-14-6-8-17)13-11(18(19)20)3-4-12(15-13)21-2/h3-4,14H,5-10H2,1-2H3. The Hall–Kier alpha value is -1.93. The van der Waals surface area contributed by atoms with E-state index in [0.29, 0.717) is 18.2 Å². The topological polar surface area (TPSA) is 83.8 Å². The number of rotatable bonds is 6. The maximum absolute atomic E-state index is 11.1. The van der Waals surface area contributed by atoms with Gasteiger partial charge in [0.15, 0.2) is 0 Å². The summed E-state index contributed by atoms with van der Waals surface area (Å²) in [5.74, 6) is 0.721. The zero-order chi connectivity index (χ0) is 15.2. The fourth-order valence-corrected chi connectivity index (χ4v) is 2.29. The van der Waals surface area contributed by atoms with Crippen LogP contribution in [0.3, 0.4) is 0 Å². The molecular formula is C13H21N5O3. The van der Waals surface area contributed by atoms with Gasteiger partial charge >= 0.3 is 5.69 Å². The second-order valence-electron chi connectivity index (χ2n) is 4.97. The third-order valence-electron chi connectivity index (χ3n) is 3.56. The van der Waals surface area contributed by atoms with Gasteiger partial charge in [0.2, 0.25) is 11.7 Å². The normalized spacial score (nSPS) is 15.7. The fourth-order valence-electron chi connectivity index (χ4n) is 2.29. The van der Waals surface area contributed by atoms with E-state index in [2.05, 4.69) is 15.2 Å². The molecule has 1 N–H and O–H groups in total. The van der Waals surface area contributed by atoms with Crippen molar-refractivity contribution in [3.63, 3.8) is 0 Å². The van der Waals surface area contributed by atoms with E-state index >= 15 is 0 Å². The molecule has 2 rings (SSSR count). The minimum Gasteiger partial charge on any atom is -0.481 e. The van der Waals surface area contributed by atoms with Gasteiger partial charge < -0.3 is 15.0 Å². The van der Waals surface area contributed by atoms with Crippen molar-refractivity contribution in [3.8, 4) is 5.88 Å². The van der Waals surface area contributed by atoms with Crippen LogP contribution in [0, 0.1) is 10.1 Å². The summed E-state index contributed by atoms with van der Waals surface area (Å²) in [5, 5.41) is 14.4. The van der Waals surface area contributed by atoms with E-state index in [4.69, 9.17) is 4.74 Å². The highest BCUT2D eigenvalue weighted by atomic mass is 16.6. The first-order valence-corrected chi connectivity index (χ1v) is 6.95. The summed E-state index contributed by atoms with van der Waals surface area (Å²) in [7, 11) is 3.32. The van der Waals surface area contributed by atoms with Crippen molar-refractivity contribution in [1.29, 1.82) is 0 Å². The summed E-state index contributed by atoms with van der Waals surface area (Å²) in [6, 6.07) is 2.94. The Morgan fingerprint density at radius 2 is 2.19 bits per heavy atom. The lowest BCUT2D eigenvalue weighted by Gasteiger charge is -2.29. The predicted octanol–water partition coefficient (Wildman–Crippen LogP) is 0.340. The number of nitrogens with one attached hydrogen (secondary N) is 1. The molecule has 0 atom stereocenters. The number of anilines is 1. The summed E-state index contributed by atoms with van der Waals surface area (Å²) in [6.45, 7) is 5.51. The number of pyridine rings is 1. The maximum Gasteiger partial charge on any atom is 0.311 e. The van der Waals surface area contributed by atoms with Crippen LogP contribution in [0.25, 0.3) is 0 Å². The van der Waals surface area contributed by atoms with E-state index in [1.54, 1.807) is 0 Å². The summed E-state index contributed by atoms with van der Waals surface area (Å²) < 4.78 is 5.06. The average molecular weight is 295 g/mol. The lowest BCUT2D eigenvalue weighted by Crippen LogP contribution is -2.46. The largest absolute Gasteiger partial charge is 0.481 e. The third kappa shape index (κ3) is 4.02. The van der Waals surface area contributed by atoms with Gasteiger partial charge in [0.05, 0.1) is 12.0 Å². The first kappa shape index (κ1) is 15.5. The van der Waals surface area contributed by atoms with E-state index < -0.39 is 4.92 Å². The molecule has 1 fully saturated rings. The number of methoxy groups -OCH3 is 1. The Kier molecular flexibility index (Phi) is 5.29. The van der Waals surface area contributed by atoms with Crippen molar-refractivity contribution in [2.24, 2.45) is 0 Å². The van der Waals surface area contributed by atoms with Crippen molar-refractivity contribution in [1.82, 2.24) is 15.2 Å². The van der Waals surface area contributed by atoms with Crippen molar-refractivity contribution in [3.05, 3.63) is 22.2 Å². The van der Waals surface area contributed by atoms with Crippen LogP contribution in [0.2, 0.25) is 0 Å². The molecule has 0 spiro atoms. The summed E-state index contributed by atoms with van der Waals surface area (Å²) in [5.41, 5.74) is -0.00129. The van der Waals surface area contributed by atoms with E-state index in [-0.39, 0.29) is 5.69 Å². The van der Waals surface area contributed by atoms with Crippen LogP contribution in [-0.4, -0.2) is 68.2 Å². The monoisotopic (exact) mass is 295 g/mol. The predicted molar refractivity (Wildman–Crippen MR) is 80.0 cm³/mol. The van der Waals surface area contributed by atoms with Crippen LogP contribution in [0.5, 0.6) is 5.88 Å². The maximum atomic E-state index is 11.1. The van der Waals surface area contributed by atoms with Gasteiger partial charge in [-0.2, -0.15) is 4.98 Å². The zero-order valence-corrected chi connectivity index (χ0v) is 12.4. The van der Waals surface area contributed by atoms with Gasteiger partial charge in [-0.05, 0) is 0 Å². The Labute approximate surface area is 123 Å². The van der Waals surface area contributed by atoms with Crippen molar-refractivity contribution in [2.75, 3.05) is 58.3 Å². The molecule has 1 aromatic heterocycles. The first-order chi connectivity index (χ1) is 10.1. The summed E-state index contributed by atoms with van der Waals surface area (Å²) >= 11 is 0. The lowest BCUT2D eigenvalue weighted by atomic mass is 10.3. The molecule has 0 saturated carbocycles. The van der Waals surface area contributed by atoms with Crippen molar-refractivity contribution in [2.45, 2.75) is 0 Å². The summed E-state index contributed by atoms with van der Waals surface area (Å²) in [6.07, 6.45) is 0. The number of likely N-dealkylation sites (N-methyl/N-ethyl adjacent to an activating group) is 1. The van der Waals surface area contributed by atoms with Crippen molar-refractivity contribution >= 4 is 11.5 Å². The number of hydrogen-bond acceptors (Lipinski definition) is 7. The van der Waals surface area contributed by atoms with Crippen LogP contribution in [0.4, 0.5) is 11.5 Å². The molecule has 8 nitrogen and oxygen atoms in total. The molecule has 0 radical (unpaired) electrons. The number of ether oxygens (including phenoxy) is 1. The molecule has 1 aromatic rings. The number of hydrogen-bond donors (Lipinski definition) is 1. The molecule has 116 valence electrons. The highest BCUT2D eigenvalue weighted by molar-refractivity contribution is 5.58. The molecule has 0 amide bonds. The van der Waals surface area contributed by atoms with Crippen LogP contribution in [0.15, 0.2) is 12.1 Å². The molecule has 0 aromatic carbocycles. The molecule has 1 saturated heterocycles. The Balaban J connectivity index is 2.05. The average Bonchev–Trinajstić information content (AvgIpc) is 2.52. The molecule has 1 aliphatic heterocycles. The van der Waals surface area contributed by atoms with Gasteiger partial charge in [0.25, 0.3) is 0 Å². The molecule has 0 aliphatic carbocycles. The minimum atomic E-state index is -0.414. The van der Waals surface area contributed by atoms with E-state index in [1.165, 1.54) is 19.2 Å². The third-order valence-corrected chi connectivity index (χ3v) is 3.56. The minimum absolute atomic E-state index is 0.00129. The number of aromatic nitrogens is 1. The molecule has 1 aliphatic rings. The van der Waals surface area contributed by atoms with Crippen LogP contribution < -0.4 is 15.0 Å². The second kappa shape index (κ2) is 7.19. The smallest absolute Gasteiger partial charge is 0.311 e. The van der Waals surface area contributed by atoms with Crippen molar-refractivity contribution < 1.29 is 9.66 Å². The van der Waals surface area contributed by atoms with E-state index in [0.717, 1.165) is 32.7 Å². The van der Waals surface area contributed by atoms with Crippen LogP contribution in [0.1, 0.15) is 0 Å². The lowest BCUT2D eigenvalue weighted by molar-refractivity contribution is -0.384. The highest BCUT2D eigenvalue weighted by Gasteiger charge is 2.20. The van der Waals surface area contributed by atoms with Gasteiger partial charge in [-0.3, -0.25) is 15.0 Å². The first-order valence-electron chi connectivity index (χ1n) is 6.95. The highest BCUT2D eigenvalue weighted by Crippen LogP contribution is 2.27. The summed E-state index contributed by atoms with van der Waals surface area (Å²) in [4.78, 5) is 19.0. The molecule has 8 heteroatoms. The van der Waals surface area contributed by atoms with Gasteiger partial charge in [0.1, 0.15) is 0 Å². The molecular weight excluding hydrogens is 274 g/mol. The number of nitrogens with zero attached hydrogens (tertiary/aromatic N) is 4. The Bertz CT molecular complexity index is 491. The Morgan fingerprint density at radius 3 is 2.81 bits per heavy atom. The number of nitro groups is 1. The van der Waals surface area contributed by atoms with Gasteiger partial charge in [-0.25, -0.2) is 0 Å². The number of piperazine rings is 1. The van der Waals surface area contributed by atoms with E-state index in [9.17, 15) is 10.1 Å². The van der Waals surface area contributed by atoms with Gasteiger partial charge in [0, 0.05) is 58.4 Å². The fraction of sp³-hybridized carbons (Fsp3) is 0.615. The van der Waals surface area contributed by atoms with Gasteiger partial charge in [-0.15, -0.1) is 0 Å². The molecule has 0 unspecified atom stereocenters. The molecule has 0 bridgehead atoms. The quantitative estimate of drug-likeness (QED) is 0.598. The van der Waals surface area contributed by atoms with Gasteiger partial charge in [-0.1, -0.05) is 0 Å². The Morgan fingerprint density at radius 1 is 1.48 bits per heavy atom. The van der Waals surface area contributed by atoms with Crippen LogP contribution in [-0.2, 0) is 0 Å². The molecule has 2 heterocycles.